The van der Waals surface area contributed by atoms with E-state index in [1.54, 1.807) is 19.2 Å². The molecule has 0 bridgehead atoms. The number of amides is 1. The van der Waals surface area contributed by atoms with Crippen LogP contribution in [-0.2, 0) is 14.6 Å². The fourth-order valence-corrected chi connectivity index (χ4v) is 4.64. The van der Waals surface area contributed by atoms with Gasteiger partial charge in [-0.2, -0.15) is 0 Å². The van der Waals surface area contributed by atoms with Crippen LogP contribution in [0.5, 0.6) is 5.75 Å². The number of methoxy groups -OCH3 is 2. The predicted octanol–water partition coefficient (Wildman–Crippen LogP) is 2.47. The highest BCUT2D eigenvalue weighted by Crippen LogP contribution is 2.21. The van der Waals surface area contributed by atoms with Crippen molar-refractivity contribution < 1.29 is 22.7 Å². The number of ether oxygens (including phenoxy) is 2. The second kappa shape index (κ2) is 9.95. The maximum absolute atomic E-state index is 12.9. The molecule has 3 rings (SSSR count). The second-order valence-corrected chi connectivity index (χ2v) is 9.28. The van der Waals surface area contributed by atoms with Gasteiger partial charge in [0.15, 0.2) is 9.84 Å². The summed E-state index contributed by atoms with van der Waals surface area (Å²) in [5, 5.41) is 0. The number of rotatable bonds is 7. The summed E-state index contributed by atoms with van der Waals surface area (Å²) < 4.78 is 34.5. The van der Waals surface area contributed by atoms with Crippen LogP contribution in [-0.4, -0.2) is 72.0 Å². The number of carbonyl (C=O) groups is 1. The number of benzene rings is 2. The van der Waals surface area contributed by atoms with Crippen LogP contribution in [0.1, 0.15) is 16.8 Å². The van der Waals surface area contributed by atoms with E-state index in [-0.39, 0.29) is 23.2 Å². The molecule has 1 aliphatic rings. The SMILES string of the molecule is COCCS(=O)(=O)c1ccc(C(=O)N2CCCN(c3ccc(OC)cc3)CC2)cc1. The Morgan fingerprint density at radius 3 is 2.27 bits per heavy atom. The summed E-state index contributed by atoms with van der Waals surface area (Å²) >= 11 is 0. The highest BCUT2D eigenvalue weighted by Gasteiger charge is 2.21. The first kappa shape index (κ1) is 22.1. The van der Waals surface area contributed by atoms with E-state index in [0.717, 1.165) is 30.9 Å². The third-order valence-electron chi connectivity index (χ3n) is 5.24. The van der Waals surface area contributed by atoms with Crippen molar-refractivity contribution in [2.45, 2.75) is 11.3 Å². The summed E-state index contributed by atoms with van der Waals surface area (Å²) in [5.41, 5.74) is 1.61. The first-order chi connectivity index (χ1) is 14.4. The van der Waals surface area contributed by atoms with Crippen molar-refractivity contribution >= 4 is 21.4 Å². The van der Waals surface area contributed by atoms with Gasteiger partial charge in [0, 0.05) is 44.5 Å². The number of carbonyl (C=O) groups excluding carboxylic acids is 1. The molecule has 2 aromatic carbocycles. The summed E-state index contributed by atoms with van der Waals surface area (Å²) in [6.07, 6.45) is 0.862. The average molecular weight is 433 g/mol. The van der Waals surface area contributed by atoms with E-state index in [2.05, 4.69) is 4.90 Å². The van der Waals surface area contributed by atoms with Crippen LogP contribution in [0.2, 0.25) is 0 Å². The molecule has 1 aliphatic heterocycles. The molecule has 1 heterocycles. The number of anilines is 1. The molecule has 8 heteroatoms. The van der Waals surface area contributed by atoms with E-state index in [9.17, 15) is 13.2 Å². The molecule has 0 atom stereocenters. The van der Waals surface area contributed by atoms with E-state index in [4.69, 9.17) is 9.47 Å². The van der Waals surface area contributed by atoms with Crippen LogP contribution < -0.4 is 9.64 Å². The molecule has 162 valence electrons. The van der Waals surface area contributed by atoms with Crippen LogP contribution in [0, 0.1) is 0 Å². The normalized spacial score (nSPS) is 15.0. The molecule has 0 spiro atoms. The molecule has 7 nitrogen and oxygen atoms in total. The lowest BCUT2D eigenvalue weighted by atomic mass is 10.2. The fraction of sp³-hybridized carbons (Fsp3) is 0.409. The molecule has 2 aromatic rings. The minimum Gasteiger partial charge on any atom is -0.497 e. The smallest absolute Gasteiger partial charge is 0.253 e. The Hall–Kier alpha value is -2.58. The van der Waals surface area contributed by atoms with Gasteiger partial charge in [-0.3, -0.25) is 4.79 Å². The Bertz CT molecular complexity index is 942. The monoisotopic (exact) mass is 432 g/mol. The molecule has 0 radical (unpaired) electrons. The maximum Gasteiger partial charge on any atom is 0.253 e. The first-order valence-corrected chi connectivity index (χ1v) is 11.6. The Balaban J connectivity index is 1.64. The van der Waals surface area contributed by atoms with Crippen molar-refractivity contribution in [3.63, 3.8) is 0 Å². The molecule has 1 saturated heterocycles. The summed E-state index contributed by atoms with van der Waals surface area (Å²) in [6.45, 7) is 3.02. The Labute approximate surface area is 178 Å². The molecule has 0 aliphatic carbocycles. The van der Waals surface area contributed by atoms with Gasteiger partial charge in [0.05, 0.1) is 24.4 Å². The zero-order valence-corrected chi connectivity index (χ0v) is 18.2. The van der Waals surface area contributed by atoms with Gasteiger partial charge in [0.25, 0.3) is 5.91 Å². The Kier molecular flexibility index (Phi) is 7.33. The number of hydrogen-bond acceptors (Lipinski definition) is 6. The van der Waals surface area contributed by atoms with Crippen LogP contribution in [0.4, 0.5) is 5.69 Å². The van der Waals surface area contributed by atoms with E-state index in [1.165, 1.54) is 19.2 Å². The van der Waals surface area contributed by atoms with Crippen molar-refractivity contribution in [1.29, 1.82) is 0 Å². The summed E-state index contributed by atoms with van der Waals surface area (Å²) in [6, 6.07) is 14.1. The van der Waals surface area contributed by atoms with Gasteiger partial charge in [-0.1, -0.05) is 0 Å². The van der Waals surface area contributed by atoms with Gasteiger partial charge >= 0.3 is 0 Å². The van der Waals surface area contributed by atoms with Crippen LogP contribution in [0.15, 0.2) is 53.4 Å². The minimum absolute atomic E-state index is 0.0765. The van der Waals surface area contributed by atoms with E-state index in [1.807, 2.05) is 29.2 Å². The Morgan fingerprint density at radius 1 is 0.933 bits per heavy atom. The van der Waals surface area contributed by atoms with E-state index in [0.29, 0.717) is 18.7 Å². The molecule has 0 saturated carbocycles. The highest BCUT2D eigenvalue weighted by molar-refractivity contribution is 7.91. The highest BCUT2D eigenvalue weighted by atomic mass is 32.2. The molecule has 0 unspecified atom stereocenters. The number of sulfone groups is 1. The number of nitrogens with zero attached hydrogens (tertiary/aromatic N) is 2. The Morgan fingerprint density at radius 2 is 1.63 bits per heavy atom. The molecule has 30 heavy (non-hydrogen) atoms. The van der Waals surface area contributed by atoms with Gasteiger partial charge in [0.1, 0.15) is 5.75 Å². The van der Waals surface area contributed by atoms with E-state index >= 15 is 0 Å². The van der Waals surface area contributed by atoms with Gasteiger partial charge in [-0.15, -0.1) is 0 Å². The van der Waals surface area contributed by atoms with Crippen molar-refractivity contribution in [2.24, 2.45) is 0 Å². The fourth-order valence-electron chi connectivity index (χ4n) is 3.47. The van der Waals surface area contributed by atoms with Gasteiger partial charge < -0.3 is 19.3 Å². The average Bonchev–Trinajstić information content (AvgIpc) is 3.04. The minimum atomic E-state index is -3.40. The first-order valence-electron chi connectivity index (χ1n) is 9.94. The largest absolute Gasteiger partial charge is 0.497 e. The number of hydrogen-bond donors (Lipinski definition) is 0. The van der Waals surface area contributed by atoms with E-state index < -0.39 is 9.84 Å². The van der Waals surface area contributed by atoms with Crippen molar-refractivity contribution in [2.75, 3.05) is 57.7 Å². The standard InChI is InChI=1S/C22H28N2O5S/c1-28-16-17-30(26,27)21-10-4-18(5-11-21)22(25)24-13-3-12-23(14-15-24)19-6-8-20(29-2)9-7-19/h4-11H,3,12-17H2,1-2H3. The lowest BCUT2D eigenvalue weighted by Crippen LogP contribution is -2.35. The van der Waals surface area contributed by atoms with Crippen molar-refractivity contribution in [1.82, 2.24) is 4.90 Å². The lowest BCUT2D eigenvalue weighted by molar-refractivity contribution is 0.0767. The predicted molar refractivity (Wildman–Crippen MR) is 116 cm³/mol. The molecular formula is C22H28N2O5S. The molecule has 1 amide bonds. The zero-order chi connectivity index (χ0) is 21.6. The molecular weight excluding hydrogens is 404 g/mol. The second-order valence-electron chi connectivity index (χ2n) is 7.17. The summed E-state index contributed by atoms with van der Waals surface area (Å²) in [7, 11) is -0.293. The van der Waals surface area contributed by atoms with Gasteiger partial charge in [-0.05, 0) is 55.0 Å². The van der Waals surface area contributed by atoms with Gasteiger partial charge in [-0.25, -0.2) is 8.42 Å². The topological polar surface area (TPSA) is 76.2 Å². The molecule has 1 fully saturated rings. The van der Waals surface area contributed by atoms with Gasteiger partial charge in [0.2, 0.25) is 0 Å². The zero-order valence-electron chi connectivity index (χ0n) is 17.4. The maximum atomic E-state index is 12.9. The third kappa shape index (κ3) is 5.31. The quantitative estimate of drug-likeness (QED) is 0.669. The van der Waals surface area contributed by atoms with Crippen molar-refractivity contribution in [3.05, 3.63) is 54.1 Å². The summed E-state index contributed by atoms with van der Waals surface area (Å²) in [4.78, 5) is 17.2. The van der Waals surface area contributed by atoms with Crippen LogP contribution >= 0.6 is 0 Å². The lowest BCUT2D eigenvalue weighted by Gasteiger charge is -2.24. The van der Waals surface area contributed by atoms with Crippen molar-refractivity contribution in [3.8, 4) is 5.75 Å². The molecule has 0 aromatic heterocycles. The molecule has 0 N–H and O–H groups in total. The van der Waals surface area contributed by atoms with Crippen LogP contribution in [0.25, 0.3) is 0 Å². The summed E-state index contributed by atoms with van der Waals surface area (Å²) in [5.74, 6) is 0.662. The van der Waals surface area contributed by atoms with Crippen LogP contribution in [0.3, 0.4) is 0 Å². The third-order valence-corrected chi connectivity index (χ3v) is 6.93.